The summed E-state index contributed by atoms with van der Waals surface area (Å²) in [5, 5.41) is 17.6. The van der Waals surface area contributed by atoms with Crippen LogP contribution in [0.1, 0.15) is 40.2 Å². The molecular weight excluding hydrogens is 508 g/mol. The Morgan fingerprint density at radius 3 is 2.59 bits per heavy atom. The van der Waals surface area contributed by atoms with Crippen molar-refractivity contribution in [2.75, 3.05) is 19.3 Å². The van der Waals surface area contributed by atoms with Gasteiger partial charge in [-0.3, -0.25) is 9.59 Å². The first kappa shape index (κ1) is 28.3. The molecule has 0 radical (unpaired) electrons. The van der Waals surface area contributed by atoms with Gasteiger partial charge in [0.15, 0.2) is 0 Å². The highest BCUT2D eigenvalue weighted by molar-refractivity contribution is 7.99. The normalized spacial score (nSPS) is 11.5. The maximum atomic E-state index is 12.6. The molecule has 37 heavy (non-hydrogen) atoms. The first-order chi connectivity index (χ1) is 17.8. The van der Waals surface area contributed by atoms with E-state index in [-0.39, 0.29) is 11.0 Å². The van der Waals surface area contributed by atoms with Crippen LogP contribution in [0.3, 0.4) is 0 Å². The van der Waals surface area contributed by atoms with Crippen LogP contribution >= 0.6 is 23.4 Å². The molecular formula is C28H31ClN4O3S. The predicted molar refractivity (Wildman–Crippen MR) is 153 cm³/mol. The topological polar surface area (TPSA) is 110 Å². The van der Waals surface area contributed by atoms with Crippen LogP contribution in [0.2, 0.25) is 5.02 Å². The molecule has 0 aliphatic heterocycles. The van der Waals surface area contributed by atoms with E-state index in [0.29, 0.717) is 22.2 Å². The molecule has 2 aromatic carbocycles. The van der Waals surface area contributed by atoms with Crippen LogP contribution < -0.4 is 16.1 Å². The van der Waals surface area contributed by atoms with Gasteiger partial charge in [0.05, 0.1) is 16.7 Å². The number of pyridine rings is 1. The summed E-state index contributed by atoms with van der Waals surface area (Å²) in [6, 6.07) is 17.1. The second kappa shape index (κ2) is 13.9. The van der Waals surface area contributed by atoms with E-state index in [1.807, 2.05) is 49.5 Å². The Labute approximate surface area is 225 Å². The van der Waals surface area contributed by atoms with Gasteiger partial charge in [-0.05, 0) is 49.2 Å². The Hall–Kier alpha value is -3.30. The van der Waals surface area contributed by atoms with Crippen molar-refractivity contribution in [1.29, 1.82) is 0 Å². The number of aromatic nitrogens is 2. The summed E-state index contributed by atoms with van der Waals surface area (Å²) in [6.07, 6.45) is 2.52. The summed E-state index contributed by atoms with van der Waals surface area (Å²) in [5.41, 5.74) is 3.01. The fourth-order valence-corrected chi connectivity index (χ4v) is 4.57. The minimum atomic E-state index is -0.425. The van der Waals surface area contributed by atoms with Gasteiger partial charge < -0.3 is 25.7 Å². The number of H-pyrrole nitrogens is 2. The van der Waals surface area contributed by atoms with Gasteiger partial charge in [0.1, 0.15) is 5.56 Å². The highest BCUT2D eigenvalue weighted by Crippen LogP contribution is 2.20. The number of hydrogen-bond donors (Lipinski definition) is 5. The van der Waals surface area contributed by atoms with E-state index < -0.39 is 12.0 Å². The minimum Gasteiger partial charge on any atom is -0.387 e. The molecule has 0 saturated heterocycles. The Kier molecular flexibility index (Phi) is 10.6. The second-order valence-electron chi connectivity index (χ2n) is 8.23. The van der Waals surface area contributed by atoms with Crippen LogP contribution in [0.4, 0.5) is 0 Å². The molecule has 1 atom stereocenters. The van der Waals surface area contributed by atoms with E-state index in [1.165, 1.54) is 24.0 Å². The maximum absolute atomic E-state index is 12.6. The Bertz CT molecular complexity index is 1360. The Morgan fingerprint density at radius 1 is 1.22 bits per heavy atom. The summed E-state index contributed by atoms with van der Waals surface area (Å²) in [4.78, 5) is 31.1. The molecule has 1 unspecified atom stereocenters. The van der Waals surface area contributed by atoms with E-state index >= 15 is 0 Å². The number of amides is 1. The molecule has 0 aliphatic rings. The predicted octanol–water partition coefficient (Wildman–Crippen LogP) is 5.13. The molecule has 5 N–H and O–H groups in total. The lowest BCUT2D eigenvalue weighted by Gasteiger charge is -2.09. The smallest absolute Gasteiger partial charge is 0.257 e. The molecule has 0 bridgehead atoms. The first-order valence-corrected chi connectivity index (χ1v) is 13.1. The number of halogens is 1. The third-order valence-corrected chi connectivity index (χ3v) is 6.78. The molecule has 1 amide bonds. The van der Waals surface area contributed by atoms with E-state index in [9.17, 15) is 14.7 Å². The lowest BCUT2D eigenvalue weighted by molar-refractivity contribution is 0.0949. The quantitative estimate of drug-likeness (QED) is 0.150. The summed E-state index contributed by atoms with van der Waals surface area (Å²) >= 11 is 7.35. The largest absolute Gasteiger partial charge is 0.387 e. The zero-order chi connectivity index (χ0) is 26.8. The van der Waals surface area contributed by atoms with Crippen LogP contribution in [-0.2, 0) is 6.54 Å². The fraction of sp³-hybridized carbons (Fsp3) is 0.214. The number of hydrogen-bond acceptors (Lipinski definition) is 5. The number of carbonyl (C=O) groups is 1. The number of aliphatic hydroxyl groups is 1. The molecule has 7 nitrogen and oxygen atoms in total. The molecule has 194 valence electrons. The number of rotatable bonds is 9. The molecule has 0 aliphatic carbocycles. The summed E-state index contributed by atoms with van der Waals surface area (Å²) in [5.74, 6) is 0.376. The van der Waals surface area contributed by atoms with E-state index in [1.54, 1.807) is 19.1 Å². The lowest BCUT2D eigenvalue weighted by atomic mass is 10.1. The number of aromatic amines is 2. The molecule has 0 saturated carbocycles. The lowest BCUT2D eigenvalue weighted by Crippen LogP contribution is -2.29. The monoisotopic (exact) mass is 538 g/mol. The summed E-state index contributed by atoms with van der Waals surface area (Å²) in [7, 11) is 1.87. The molecule has 2 aromatic heterocycles. The van der Waals surface area contributed by atoms with Crippen molar-refractivity contribution in [1.82, 2.24) is 20.6 Å². The fourth-order valence-electron chi connectivity index (χ4n) is 3.46. The number of para-hydroxylation sites is 1. The Balaban J connectivity index is 0.000000262. The highest BCUT2D eigenvalue weighted by atomic mass is 35.5. The van der Waals surface area contributed by atoms with Gasteiger partial charge in [-0.25, -0.2) is 0 Å². The van der Waals surface area contributed by atoms with Crippen molar-refractivity contribution in [2.45, 2.75) is 24.6 Å². The van der Waals surface area contributed by atoms with Crippen molar-refractivity contribution < 1.29 is 9.90 Å². The van der Waals surface area contributed by atoms with E-state index in [4.69, 9.17) is 11.6 Å². The minimum absolute atomic E-state index is 0.0711. The zero-order valence-electron chi connectivity index (χ0n) is 20.8. The summed E-state index contributed by atoms with van der Waals surface area (Å²) < 4.78 is 0. The SMILES string of the molecule is C=Cc1c(SCCNC)[nH]cc(C(=O)NCc2ccc(Cl)cc2)c1=O.CC(O)c1cc2ccccc2[nH]1. The van der Waals surface area contributed by atoms with Crippen molar-refractivity contribution in [3.05, 3.63) is 105 Å². The third kappa shape index (κ3) is 7.84. The second-order valence-corrected chi connectivity index (χ2v) is 9.77. The zero-order valence-corrected chi connectivity index (χ0v) is 22.4. The van der Waals surface area contributed by atoms with Gasteiger partial charge in [0, 0.05) is 41.3 Å². The van der Waals surface area contributed by atoms with E-state index in [0.717, 1.165) is 34.5 Å². The van der Waals surface area contributed by atoms with Crippen LogP contribution in [0.15, 0.2) is 77.2 Å². The van der Waals surface area contributed by atoms with Crippen LogP contribution in [-0.4, -0.2) is 40.3 Å². The number of aliphatic hydroxyl groups excluding tert-OH is 1. The van der Waals surface area contributed by atoms with E-state index in [2.05, 4.69) is 27.2 Å². The maximum Gasteiger partial charge on any atom is 0.257 e. The first-order valence-electron chi connectivity index (χ1n) is 11.8. The van der Waals surface area contributed by atoms with Crippen LogP contribution in [0.25, 0.3) is 17.0 Å². The average molecular weight is 539 g/mol. The van der Waals surface area contributed by atoms with Gasteiger partial charge in [-0.1, -0.05) is 54.6 Å². The Morgan fingerprint density at radius 2 is 1.95 bits per heavy atom. The van der Waals surface area contributed by atoms with Crippen LogP contribution in [0, 0.1) is 0 Å². The number of carbonyl (C=O) groups excluding carboxylic acids is 1. The number of fused-ring (bicyclic) bond motifs is 1. The molecule has 0 fully saturated rings. The number of thioether (sulfide) groups is 1. The standard InChI is InChI=1S/C18H20ClN3O2S.C10H11NO/c1-3-14-16(23)15(11-22-18(14)25-9-8-20-2)17(24)21-10-12-4-6-13(19)7-5-12;1-7(12)10-6-8-4-2-3-5-9(8)11-10/h3-7,11,20H,1,8-10H2,2H3,(H,21,24)(H,22,23);2-7,11-12H,1H3. The third-order valence-electron chi connectivity index (χ3n) is 5.50. The molecule has 4 rings (SSSR count). The molecule has 9 heteroatoms. The van der Waals surface area contributed by atoms with Gasteiger partial charge in [-0.15, -0.1) is 11.8 Å². The summed E-state index contributed by atoms with van der Waals surface area (Å²) in [6.45, 7) is 6.57. The van der Waals surface area contributed by atoms with Gasteiger partial charge in [-0.2, -0.15) is 0 Å². The van der Waals surface area contributed by atoms with Crippen molar-refractivity contribution in [2.24, 2.45) is 0 Å². The van der Waals surface area contributed by atoms with Crippen molar-refractivity contribution >= 4 is 46.2 Å². The van der Waals surface area contributed by atoms with Gasteiger partial charge in [0.25, 0.3) is 5.91 Å². The number of nitrogens with one attached hydrogen (secondary N) is 4. The molecule has 4 aromatic rings. The van der Waals surface area contributed by atoms with Crippen molar-refractivity contribution in [3.8, 4) is 0 Å². The van der Waals surface area contributed by atoms with Gasteiger partial charge in [0.2, 0.25) is 5.43 Å². The van der Waals surface area contributed by atoms with Gasteiger partial charge >= 0.3 is 0 Å². The average Bonchev–Trinajstić information content (AvgIpc) is 3.34. The highest BCUT2D eigenvalue weighted by Gasteiger charge is 2.15. The molecule has 0 spiro atoms. The van der Waals surface area contributed by atoms with Crippen LogP contribution in [0.5, 0.6) is 0 Å². The van der Waals surface area contributed by atoms with Crippen molar-refractivity contribution in [3.63, 3.8) is 0 Å². The number of benzene rings is 2. The molecule has 2 heterocycles.